The van der Waals surface area contributed by atoms with Crippen molar-refractivity contribution in [1.29, 1.82) is 0 Å². The smallest absolute Gasteiger partial charge is 0.230 e. The number of hydrogen-bond donors (Lipinski definition) is 0. The molecule has 17 heavy (non-hydrogen) atoms. The first-order chi connectivity index (χ1) is 8.22. The Bertz CT molecular complexity index is 473. The number of β-lactam (4-membered cyclic amide) rings is 1. The Kier molecular flexibility index (Phi) is 3.14. The summed E-state index contributed by atoms with van der Waals surface area (Å²) in [5.41, 5.74) is 0. The maximum atomic E-state index is 11.2. The van der Waals surface area contributed by atoms with Gasteiger partial charge < -0.3 is 4.90 Å². The zero-order valence-electron chi connectivity index (χ0n) is 9.20. The maximum absolute atomic E-state index is 11.2. The molecule has 0 N–H and O–H groups in total. The van der Waals surface area contributed by atoms with Crippen molar-refractivity contribution in [3.05, 3.63) is 17.3 Å². The Balaban J connectivity index is 1.55. The highest BCUT2D eigenvalue weighted by Crippen LogP contribution is 2.38. The first kappa shape index (κ1) is 11.6. The minimum atomic E-state index is 0.240. The Hall–Kier alpha value is -0.530. The molecule has 1 aromatic rings. The van der Waals surface area contributed by atoms with E-state index >= 15 is 0 Å². The van der Waals surface area contributed by atoms with Crippen LogP contribution in [0.3, 0.4) is 0 Å². The van der Waals surface area contributed by atoms with Gasteiger partial charge in [-0.25, -0.2) is 0 Å². The van der Waals surface area contributed by atoms with E-state index in [1.807, 2.05) is 29.8 Å². The maximum Gasteiger partial charge on any atom is 0.230 e. The van der Waals surface area contributed by atoms with Crippen LogP contribution in [0.2, 0.25) is 0 Å². The highest BCUT2D eigenvalue weighted by Gasteiger charge is 2.38. The molecular weight excluding hydrogens is 274 g/mol. The Morgan fingerprint density at radius 2 is 2.47 bits per heavy atom. The number of nitrogens with zero attached hydrogens (tertiary/aromatic N) is 3. The lowest BCUT2D eigenvalue weighted by Crippen LogP contribution is -2.49. The van der Waals surface area contributed by atoms with Crippen molar-refractivity contribution in [1.82, 2.24) is 15.1 Å². The van der Waals surface area contributed by atoms with Crippen LogP contribution in [0.4, 0.5) is 0 Å². The molecule has 1 unspecified atom stereocenters. The van der Waals surface area contributed by atoms with Crippen molar-refractivity contribution in [2.75, 3.05) is 5.75 Å². The van der Waals surface area contributed by atoms with Crippen molar-refractivity contribution in [2.45, 2.75) is 28.3 Å². The number of carbonyl (C=O) groups excluding carboxylic acids is 1. The van der Waals surface area contributed by atoms with E-state index < -0.39 is 0 Å². The molecule has 1 saturated heterocycles. The van der Waals surface area contributed by atoms with Crippen LogP contribution in [0.15, 0.2) is 16.6 Å². The van der Waals surface area contributed by atoms with Crippen LogP contribution in [-0.2, 0) is 4.79 Å². The van der Waals surface area contributed by atoms with Crippen LogP contribution in [0.1, 0.15) is 11.4 Å². The molecule has 2 aliphatic rings. The second-order valence-electron chi connectivity index (χ2n) is 3.87. The molecule has 1 amide bonds. The summed E-state index contributed by atoms with van der Waals surface area (Å²) in [5.74, 6) is 1.23. The van der Waals surface area contributed by atoms with Gasteiger partial charge in [0.1, 0.15) is 5.01 Å². The molecule has 0 radical (unpaired) electrons. The summed E-state index contributed by atoms with van der Waals surface area (Å²) in [7, 11) is 0. The molecule has 0 bridgehead atoms. The summed E-state index contributed by atoms with van der Waals surface area (Å²) in [6, 6.07) is 0. The van der Waals surface area contributed by atoms with Crippen molar-refractivity contribution in [3.63, 3.8) is 0 Å². The summed E-state index contributed by atoms with van der Waals surface area (Å²) in [5, 5.41) is 9.94. The normalized spacial score (nSPS) is 26.9. The number of rotatable bonds is 3. The predicted molar refractivity (Wildman–Crippen MR) is 71.1 cm³/mol. The van der Waals surface area contributed by atoms with Crippen LogP contribution in [0, 0.1) is 6.92 Å². The van der Waals surface area contributed by atoms with Gasteiger partial charge in [0.2, 0.25) is 5.91 Å². The zero-order valence-corrected chi connectivity index (χ0v) is 11.6. The fraction of sp³-hybridized carbons (Fsp3) is 0.500. The summed E-state index contributed by atoms with van der Waals surface area (Å²) in [6.45, 7) is 1.97. The van der Waals surface area contributed by atoms with Gasteiger partial charge in [-0.05, 0) is 6.92 Å². The third kappa shape index (κ3) is 2.36. The SMILES string of the molecule is Cc1nnc(SCC2C=CN3C(=O)C[C@H]3S2)s1. The van der Waals surface area contributed by atoms with Crippen molar-refractivity contribution in [2.24, 2.45) is 0 Å². The van der Waals surface area contributed by atoms with E-state index in [1.165, 1.54) is 0 Å². The second kappa shape index (κ2) is 4.62. The lowest BCUT2D eigenvalue weighted by Gasteiger charge is -2.41. The van der Waals surface area contributed by atoms with Gasteiger partial charge in [-0.1, -0.05) is 29.2 Å². The lowest BCUT2D eigenvalue weighted by atomic mass is 10.2. The van der Waals surface area contributed by atoms with Gasteiger partial charge in [-0.15, -0.1) is 22.0 Å². The second-order valence-corrected chi connectivity index (χ2v) is 7.74. The van der Waals surface area contributed by atoms with E-state index in [0.29, 0.717) is 17.0 Å². The van der Waals surface area contributed by atoms with Crippen LogP contribution in [-0.4, -0.2) is 37.4 Å². The Morgan fingerprint density at radius 1 is 1.59 bits per heavy atom. The Morgan fingerprint density at radius 3 is 3.12 bits per heavy atom. The molecular formula is C10H11N3OS3. The summed E-state index contributed by atoms with van der Waals surface area (Å²) in [6.07, 6.45) is 4.73. The topological polar surface area (TPSA) is 46.1 Å². The quantitative estimate of drug-likeness (QED) is 0.629. The first-order valence-electron chi connectivity index (χ1n) is 5.30. The van der Waals surface area contributed by atoms with Crippen LogP contribution in [0.5, 0.6) is 0 Å². The van der Waals surface area contributed by atoms with Crippen LogP contribution < -0.4 is 0 Å². The highest BCUT2D eigenvalue weighted by atomic mass is 32.2. The molecule has 4 nitrogen and oxygen atoms in total. The van der Waals surface area contributed by atoms with Gasteiger partial charge in [0.05, 0.1) is 11.8 Å². The van der Waals surface area contributed by atoms with E-state index in [4.69, 9.17) is 0 Å². The third-order valence-corrected chi connectivity index (χ3v) is 6.30. The highest BCUT2D eigenvalue weighted by molar-refractivity contribution is 8.04. The van der Waals surface area contributed by atoms with Gasteiger partial charge in [-0.3, -0.25) is 4.79 Å². The minimum Gasteiger partial charge on any atom is -0.306 e. The zero-order chi connectivity index (χ0) is 11.8. The molecule has 2 atom stereocenters. The number of aromatic nitrogens is 2. The van der Waals surface area contributed by atoms with Gasteiger partial charge in [0.15, 0.2) is 4.34 Å². The molecule has 1 fully saturated rings. The van der Waals surface area contributed by atoms with Crippen molar-refractivity contribution in [3.8, 4) is 0 Å². The fourth-order valence-corrected chi connectivity index (χ4v) is 5.09. The molecule has 0 saturated carbocycles. The molecule has 7 heteroatoms. The van der Waals surface area contributed by atoms with Gasteiger partial charge in [0.25, 0.3) is 0 Å². The molecule has 1 aromatic heterocycles. The number of amides is 1. The first-order valence-corrected chi connectivity index (χ1v) is 8.05. The molecule has 0 spiro atoms. The predicted octanol–water partition coefficient (Wildman–Crippen LogP) is 2.13. The van der Waals surface area contributed by atoms with Gasteiger partial charge >= 0.3 is 0 Å². The van der Waals surface area contributed by atoms with E-state index in [1.54, 1.807) is 23.1 Å². The molecule has 0 aliphatic carbocycles. The number of aryl methyl sites for hydroxylation is 1. The standard InChI is InChI=1S/C10H11N3OS3/c1-6-11-12-10(16-6)15-5-7-2-3-13-8(14)4-9(13)17-7/h2-3,7,9H,4-5H2,1H3/t7?,9-/m1/s1. The summed E-state index contributed by atoms with van der Waals surface area (Å²) in [4.78, 5) is 13.0. The average molecular weight is 285 g/mol. The molecule has 2 aliphatic heterocycles. The van der Waals surface area contributed by atoms with Gasteiger partial charge in [-0.2, -0.15) is 0 Å². The van der Waals surface area contributed by atoms with Crippen molar-refractivity contribution < 1.29 is 4.79 Å². The van der Waals surface area contributed by atoms with Crippen LogP contribution >= 0.6 is 34.9 Å². The fourth-order valence-electron chi connectivity index (χ4n) is 1.71. The molecule has 3 heterocycles. The van der Waals surface area contributed by atoms with Crippen molar-refractivity contribution >= 4 is 40.8 Å². The average Bonchev–Trinajstić information content (AvgIpc) is 2.71. The molecule has 0 aromatic carbocycles. The van der Waals surface area contributed by atoms with E-state index in [0.717, 1.165) is 15.1 Å². The van der Waals surface area contributed by atoms with Gasteiger partial charge in [0, 0.05) is 17.2 Å². The number of thioether (sulfide) groups is 2. The lowest BCUT2D eigenvalue weighted by molar-refractivity contribution is -0.137. The summed E-state index contributed by atoms with van der Waals surface area (Å²) < 4.78 is 1.03. The van der Waals surface area contributed by atoms with Crippen LogP contribution in [0.25, 0.3) is 0 Å². The number of hydrogen-bond acceptors (Lipinski definition) is 6. The molecule has 3 rings (SSSR count). The van der Waals surface area contributed by atoms with E-state index in [9.17, 15) is 4.79 Å². The Labute approximate surface area is 112 Å². The van der Waals surface area contributed by atoms with E-state index in [2.05, 4.69) is 16.3 Å². The number of fused-ring (bicyclic) bond motifs is 1. The third-order valence-electron chi connectivity index (χ3n) is 2.62. The largest absolute Gasteiger partial charge is 0.306 e. The monoisotopic (exact) mass is 285 g/mol. The minimum absolute atomic E-state index is 0.240. The summed E-state index contributed by atoms with van der Waals surface area (Å²) >= 11 is 5.25. The molecule has 90 valence electrons. The van der Waals surface area contributed by atoms with E-state index in [-0.39, 0.29) is 5.91 Å². The number of carbonyl (C=O) groups is 1.